The number of para-hydroxylation sites is 2. The van der Waals surface area contributed by atoms with E-state index in [1.807, 2.05) is 0 Å². The van der Waals surface area contributed by atoms with Crippen molar-refractivity contribution in [3.63, 3.8) is 0 Å². The van der Waals surface area contributed by atoms with E-state index in [1.54, 1.807) is 0 Å². The zero-order chi connectivity index (χ0) is 35.8. The molecule has 54 heavy (non-hydrogen) atoms. The van der Waals surface area contributed by atoms with Gasteiger partial charge in [-0.1, -0.05) is 182 Å². The molecule has 0 saturated heterocycles. The Morgan fingerprint density at radius 2 is 0.907 bits per heavy atom. The van der Waals surface area contributed by atoms with Crippen molar-refractivity contribution in [2.24, 2.45) is 0 Å². The lowest BCUT2D eigenvalue weighted by Gasteiger charge is -2.30. The van der Waals surface area contributed by atoms with Crippen LogP contribution in [0.25, 0.3) is 71.6 Å². The number of nitrogens with zero attached hydrogens (tertiary/aromatic N) is 2. The highest BCUT2D eigenvalue weighted by atomic mass is 15.2. The third kappa shape index (κ3) is 5.27. The lowest BCUT2D eigenvalue weighted by molar-refractivity contribution is 1.18. The second-order valence-electron chi connectivity index (χ2n) is 13.7. The van der Waals surface area contributed by atoms with Gasteiger partial charge in [-0.05, 0) is 64.0 Å². The van der Waals surface area contributed by atoms with E-state index < -0.39 is 0 Å². The molecule has 0 amide bonds. The van der Waals surface area contributed by atoms with E-state index >= 15 is 0 Å². The number of benzene rings is 9. The molecule has 0 atom stereocenters. The lowest BCUT2D eigenvalue weighted by atomic mass is 9.93. The number of anilines is 3. The minimum absolute atomic E-state index is 1.10. The van der Waals surface area contributed by atoms with Gasteiger partial charge in [-0.3, -0.25) is 0 Å². The fourth-order valence-corrected chi connectivity index (χ4v) is 8.25. The molecule has 0 aliphatic carbocycles. The minimum Gasteiger partial charge on any atom is -0.309 e. The molecule has 9 aromatic carbocycles. The van der Waals surface area contributed by atoms with Gasteiger partial charge in [0.15, 0.2) is 0 Å². The quantitative estimate of drug-likeness (QED) is 0.162. The predicted molar refractivity (Wildman–Crippen MR) is 229 cm³/mol. The molecule has 0 bridgehead atoms. The van der Waals surface area contributed by atoms with Gasteiger partial charge in [0.25, 0.3) is 0 Å². The van der Waals surface area contributed by atoms with Gasteiger partial charge in [0, 0.05) is 33.0 Å². The van der Waals surface area contributed by atoms with Crippen LogP contribution >= 0.6 is 0 Å². The number of hydrogen-bond donors (Lipinski definition) is 0. The van der Waals surface area contributed by atoms with E-state index in [2.05, 4.69) is 228 Å². The van der Waals surface area contributed by atoms with Crippen molar-refractivity contribution in [2.45, 2.75) is 0 Å². The largest absolute Gasteiger partial charge is 0.309 e. The van der Waals surface area contributed by atoms with Crippen LogP contribution in [0.15, 0.2) is 218 Å². The minimum atomic E-state index is 1.10. The molecule has 0 aliphatic heterocycles. The van der Waals surface area contributed by atoms with E-state index in [9.17, 15) is 0 Å². The van der Waals surface area contributed by atoms with Crippen molar-refractivity contribution in [3.8, 4) is 39.1 Å². The highest BCUT2D eigenvalue weighted by molar-refractivity contribution is 6.19. The molecule has 1 aromatic heterocycles. The first-order chi connectivity index (χ1) is 26.8. The molecule has 10 rings (SSSR count). The van der Waals surface area contributed by atoms with E-state index in [-0.39, 0.29) is 0 Å². The van der Waals surface area contributed by atoms with E-state index in [0.29, 0.717) is 0 Å². The zero-order valence-corrected chi connectivity index (χ0v) is 29.7. The topological polar surface area (TPSA) is 8.17 Å². The van der Waals surface area contributed by atoms with Crippen molar-refractivity contribution in [1.82, 2.24) is 4.57 Å². The van der Waals surface area contributed by atoms with Gasteiger partial charge in [0.2, 0.25) is 0 Å². The summed E-state index contributed by atoms with van der Waals surface area (Å²) in [5.41, 5.74) is 14.0. The third-order valence-electron chi connectivity index (χ3n) is 10.6. The molecular weight excluding hydrogens is 653 g/mol. The fraction of sp³-hybridized carbons (Fsp3) is 0. The maximum absolute atomic E-state index is 2.49. The first-order valence-electron chi connectivity index (χ1n) is 18.5. The highest BCUT2D eigenvalue weighted by Gasteiger charge is 2.25. The van der Waals surface area contributed by atoms with E-state index in [1.165, 1.54) is 54.9 Å². The summed E-state index contributed by atoms with van der Waals surface area (Å²) >= 11 is 0. The summed E-state index contributed by atoms with van der Waals surface area (Å²) in [7, 11) is 0. The van der Waals surface area contributed by atoms with Gasteiger partial charge in [-0.15, -0.1) is 0 Å². The normalized spacial score (nSPS) is 11.3. The van der Waals surface area contributed by atoms with Crippen LogP contribution in [0.2, 0.25) is 0 Å². The molecule has 0 spiro atoms. The van der Waals surface area contributed by atoms with Crippen LogP contribution in [0.5, 0.6) is 0 Å². The molecule has 0 aliphatic rings. The second-order valence-corrected chi connectivity index (χ2v) is 13.7. The van der Waals surface area contributed by atoms with Crippen molar-refractivity contribution in [3.05, 3.63) is 218 Å². The van der Waals surface area contributed by atoms with Gasteiger partial charge in [0.1, 0.15) is 0 Å². The summed E-state index contributed by atoms with van der Waals surface area (Å²) in [5.74, 6) is 0. The molecule has 0 unspecified atom stereocenters. The maximum Gasteiger partial charge on any atom is 0.0618 e. The summed E-state index contributed by atoms with van der Waals surface area (Å²) in [4.78, 5) is 2.49. The van der Waals surface area contributed by atoms with Gasteiger partial charge in [0.05, 0.1) is 28.1 Å². The second kappa shape index (κ2) is 13.4. The average molecular weight is 689 g/mol. The van der Waals surface area contributed by atoms with Gasteiger partial charge >= 0.3 is 0 Å². The molecule has 0 saturated carbocycles. The molecule has 254 valence electrons. The number of aromatic nitrogens is 1. The van der Waals surface area contributed by atoms with Gasteiger partial charge < -0.3 is 9.47 Å². The SMILES string of the molecule is c1ccc(-c2cccc(-n3c4ccccc4c4c(N(c5ccccc5)c5c(-c6ccccc6)ccc6ccccc56)cccc43)c2-c2ccccc2)cc1. The number of hydrogen-bond acceptors (Lipinski definition) is 1. The lowest BCUT2D eigenvalue weighted by Crippen LogP contribution is -2.12. The van der Waals surface area contributed by atoms with Crippen LogP contribution in [0.1, 0.15) is 0 Å². The standard InChI is InChI=1S/C52H36N2/c1-5-19-37(20-6-1)42-30-17-32-47(50(42)40-24-9-3-10-25-40)54-46-31-16-15-29-45(46)51-48(33-18-34-49(51)54)53(41-26-11-4-12-27-41)52-43-28-14-13-23-39(43)35-36-44(52)38-21-7-2-8-22-38/h1-36H. The Balaban J connectivity index is 1.33. The van der Waals surface area contributed by atoms with Crippen molar-refractivity contribution in [2.75, 3.05) is 4.90 Å². The Hall–Kier alpha value is -7.16. The molecule has 2 nitrogen and oxygen atoms in total. The maximum atomic E-state index is 2.49. The first kappa shape index (κ1) is 31.6. The Kier molecular flexibility index (Phi) is 7.85. The summed E-state index contributed by atoms with van der Waals surface area (Å²) < 4.78 is 2.48. The molecular formula is C52H36N2. The third-order valence-corrected chi connectivity index (χ3v) is 10.6. The molecule has 0 radical (unpaired) electrons. The summed E-state index contributed by atoms with van der Waals surface area (Å²) in [6, 6.07) is 78.9. The number of fused-ring (bicyclic) bond motifs is 4. The smallest absolute Gasteiger partial charge is 0.0618 e. The highest BCUT2D eigenvalue weighted by Crippen LogP contribution is 2.49. The van der Waals surface area contributed by atoms with Crippen molar-refractivity contribution >= 4 is 49.6 Å². The number of rotatable bonds is 7. The van der Waals surface area contributed by atoms with Crippen LogP contribution in [0.3, 0.4) is 0 Å². The summed E-state index contributed by atoms with van der Waals surface area (Å²) in [6.07, 6.45) is 0. The van der Waals surface area contributed by atoms with Crippen LogP contribution in [0, 0.1) is 0 Å². The van der Waals surface area contributed by atoms with Gasteiger partial charge in [-0.25, -0.2) is 0 Å². The Bertz CT molecular complexity index is 2910. The van der Waals surface area contributed by atoms with Crippen LogP contribution in [0.4, 0.5) is 17.1 Å². The molecule has 2 heteroatoms. The van der Waals surface area contributed by atoms with Crippen LogP contribution in [-0.2, 0) is 0 Å². The Labute approximate surface area is 315 Å². The molecule has 10 aromatic rings. The van der Waals surface area contributed by atoms with E-state index in [0.717, 1.165) is 33.8 Å². The van der Waals surface area contributed by atoms with Crippen LogP contribution < -0.4 is 4.90 Å². The monoisotopic (exact) mass is 688 g/mol. The molecule has 0 N–H and O–H groups in total. The Morgan fingerprint density at radius 1 is 0.352 bits per heavy atom. The molecule has 1 heterocycles. The van der Waals surface area contributed by atoms with Crippen molar-refractivity contribution < 1.29 is 0 Å². The van der Waals surface area contributed by atoms with Crippen molar-refractivity contribution in [1.29, 1.82) is 0 Å². The predicted octanol–water partition coefficient (Wildman–Crippen LogP) is 14.4. The van der Waals surface area contributed by atoms with Gasteiger partial charge in [-0.2, -0.15) is 0 Å². The average Bonchev–Trinajstić information content (AvgIpc) is 3.60. The zero-order valence-electron chi connectivity index (χ0n) is 29.7. The fourth-order valence-electron chi connectivity index (χ4n) is 8.25. The van der Waals surface area contributed by atoms with E-state index in [4.69, 9.17) is 0 Å². The molecule has 0 fully saturated rings. The summed E-state index contributed by atoms with van der Waals surface area (Å²) in [6.45, 7) is 0. The summed E-state index contributed by atoms with van der Waals surface area (Å²) in [5, 5.41) is 4.81. The Morgan fingerprint density at radius 3 is 1.63 bits per heavy atom. The first-order valence-corrected chi connectivity index (χ1v) is 18.5. The van der Waals surface area contributed by atoms with Crippen LogP contribution in [-0.4, -0.2) is 4.57 Å².